The van der Waals surface area contributed by atoms with Gasteiger partial charge in [0, 0.05) is 31.8 Å². The Labute approximate surface area is 176 Å². The molecule has 0 spiro atoms. The topological polar surface area (TPSA) is 107 Å². The van der Waals surface area contributed by atoms with Gasteiger partial charge in [-0.3, -0.25) is 9.52 Å². The molecular formula is C20H25N3O6S. The number of carbonyl (C=O) groups excluding carboxylic acids is 1. The summed E-state index contributed by atoms with van der Waals surface area (Å²) in [7, 11) is -1.06. The van der Waals surface area contributed by atoms with Crippen molar-refractivity contribution < 1.29 is 27.4 Å². The van der Waals surface area contributed by atoms with Crippen molar-refractivity contribution in [2.45, 2.75) is 17.7 Å². The maximum atomic E-state index is 13.1. The second kappa shape index (κ2) is 9.77. The molecule has 1 fully saturated rings. The molecule has 10 heteroatoms. The number of nitrogens with one attached hydrogen (secondary N) is 1. The summed E-state index contributed by atoms with van der Waals surface area (Å²) >= 11 is 0. The molecule has 1 aliphatic rings. The van der Waals surface area contributed by atoms with Crippen molar-refractivity contribution in [2.24, 2.45) is 0 Å². The number of rotatable bonds is 8. The van der Waals surface area contributed by atoms with Gasteiger partial charge in [-0.2, -0.15) is 0 Å². The summed E-state index contributed by atoms with van der Waals surface area (Å²) in [5.41, 5.74) is 0.456. The molecule has 2 heterocycles. The average Bonchev–Trinajstić information content (AvgIpc) is 2.77. The summed E-state index contributed by atoms with van der Waals surface area (Å²) in [6.07, 6.45) is 1.89. The number of carbonyl (C=O) groups is 1. The largest absolute Gasteiger partial charge is 0.493 e. The zero-order valence-corrected chi connectivity index (χ0v) is 17.8. The van der Waals surface area contributed by atoms with Crippen molar-refractivity contribution in [3.8, 4) is 11.5 Å². The van der Waals surface area contributed by atoms with E-state index in [9.17, 15) is 13.2 Å². The third kappa shape index (κ3) is 5.19. The first-order valence-corrected chi connectivity index (χ1v) is 11.0. The Morgan fingerprint density at radius 1 is 1.17 bits per heavy atom. The van der Waals surface area contributed by atoms with E-state index in [0.29, 0.717) is 37.6 Å². The molecule has 9 nitrogen and oxygen atoms in total. The van der Waals surface area contributed by atoms with Crippen LogP contribution in [-0.4, -0.2) is 64.7 Å². The Morgan fingerprint density at radius 2 is 1.87 bits per heavy atom. The normalized spacial score (nSPS) is 14.3. The number of methoxy groups -OCH3 is 2. The lowest BCUT2D eigenvalue weighted by atomic mass is 10.1. The van der Waals surface area contributed by atoms with E-state index in [4.69, 9.17) is 14.2 Å². The van der Waals surface area contributed by atoms with E-state index >= 15 is 0 Å². The lowest BCUT2D eigenvalue weighted by molar-refractivity contribution is -0.135. The van der Waals surface area contributed by atoms with E-state index in [1.807, 2.05) is 0 Å². The van der Waals surface area contributed by atoms with Gasteiger partial charge in [-0.15, -0.1) is 0 Å². The second-order valence-corrected chi connectivity index (χ2v) is 8.28. The monoisotopic (exact) mass is 435 g/mol. The molecule has 1 aliphatic heterocycles. The van der Waals surface area contributed by atoms with Gasteiger partial charge in [0.25, 0.3) is 10.0 Å². The summed E-state index contributed by atoms with van der Waals surface area (Å²) in [5.74, 6) is 0.821. The van der Waals surface area contributed by atoms with Gasteiger partial charge < -0.3 is 19.1 Å². The van der Waals surface area contributed by atoms with Crippen molar-refractivity contribution in [3.63, 3.8) is 0 Å². The number of morpholine rings is 1. The number of pyridine rings is 1. The smallest absolute Gasteiger partial charge is 0.263 e. The number of hydrogen-bond donors (Lipinski definition) is 1. The highest BCUT2D eigenvalue weighted by molar-refractivity contribution is 7.92. The Kier molecular flexibility index (Phi) is 7.11. The number of sulfonamides is 1. The summed E-state index contributed by atoms with van der Waals surface area (Å²) in [4.78, 5) is 18.3. The predicted molar refractivity (Wildman–Crippen MR) is 110 cm³/mol. The fourth-order valence-electron chi connectivity index (χ4n) is 3.18. The lowest BCUT2D eigenvalue weighted by Gasteiger charge is -2.27. The van der Waals surface area contributed by atoms with Gasteiger partial charge in [-0.1, -0.05) is 6.07 Å². The predicted octanol–water partition coefficient (Wildman–Crippen LogP) is 1.69. The average molecular weight is 436 g/mol. The Morgan fingerprint density at radius 3 is 2.50 bits per heavy atom. The number of amides is 1. The van der Waals surface area contributed by atoms with E-state index in [1.54, 1.807) is 29.2 Å². The number of hydrogen-bond acceptors (Lipinski definition) is 7. The van der Waals surface area contributed by atoms with E-state index in [2.05, 4.69) is 9.71 Å². The summed E-state index contributed by atoms with van der Waals surface area (Å²) in [5, 5.41) is 0. The van der Waals surface area contributed by atoms with E-state index < -0.39 is 10.0 Å². The molecule has 0 bridgehead atoms. The minimum atomic E-state index is -3.97. The first kappa shape index (κ1) is 21.8. The van der Waals surface area contributed by atoms with Crippen molar-refractivity contribution in [1.29, 1.82) is 0 Å². The second-order valence-electron chi connectivity index (χ2n) is 6.63. The van der Waals surface area contributed by atoms with Crippen LogP contribution < -0.4 is 14.2 Å². The molecule has 2 aromatic rings. The Bertz CT molecular complexity index is 976. The fourth-order valence-corrected chi connectivity index (χ4v) is 4.45. The van der Waals surface area contributed by atoms with Crippen LogP contribution in [0.25, 0.3) is 0 Å². The number of benzene rings is 1. The fraction of sp³-hybridized carbons (Fsp3) is 0.400. The van der Waals surface area contributed by atoms with Crippen LogP contribution in [0.2, 0.25) is 0 Å². The number of nitrogens with zero attached hydrogens (tertiary/aromatic N) is 2. The van der Waals surface area contributed by atoms with Crippen LogP contribution in [0.4, 0.5) is 5.82 Å². The van der Waals surface area contributed by atoms with Crippen LogP contribution in [-0.2, 0) is 26.0 Å². The molecule has 162 valence electrons. The third-order valence-corrected chi connectivity index (χ3v) is 6.17. The van der Waals surface area contributed by atoms with Crippen LogP contribution in [0, 0.1) is 0 Å². The first-order chi connectivity index (χ1) is 14.4. The first-order valence-electron chi connectivity index (χ1n) is 9.49. The molecule has 1 saturated heterocycles. The highest BCUT2D eigenvalue weighted by Gasteiger charge is 2.24. The van der Waals surface area contributed by atoms with Gasteiger partial charge in [0.2, 0.25) is 5.91 Å². The van der Waals surface area contributed by atoms with Crippen LogP contribution in [0.1, 0.15) is 12.0 Å². The molecule has 1 aromatic carbocycles. The number of aromatic nitrogens is 1. The highest BCUT2D eigenvalue weighted by Crippen LogP contribution is 2.34. The zero-order valence-electron chi connectivity index (χ0n) is 17.0. The Balaban J connectivity index is 1.89. The van der Waals surface area contributed by atoms with Crippen molar-refractivity contribution in [1.82, 2.24) is 9.88 Å². The van der Waals surface area contributed by atoms with E-state index in [0.717, 1.165) is 0 Å². The maximum Gasteiger partial charge on any atom is 0.263 e. The number of aryl methyl sites for hydroxylation is 1. The van der Waals surface area contributed by atoms with Gasteiger partial charge in [-0.05, 0) is 30.2 Å². The van der Waals surface area contributed by atoms with Gasteiger partial charge in [0.15, 0.2) is 11.5 Å². The number of ether oxygens (including phenoxy) is 3. The molecular weight excluding hydrogens is 410 g/mol. The van der Waals surface area contributed by atoms with E-state index in [1.165, 1.54) is 26.5 Å². The molecule has 1 amide bonds. The quantitative estimate of drug-likeness (QED) is 0.672. The molecule has 0 aliphatic carbocycles. The highest BCUT2D eigenvalue weighted by atomic mass is 32.2. The molecule has 1 N–H and O–H groups in total. The molecule has 30 heavy (non-hydrogen) atoms. The molecule has 0 atom stereocenters. The van der Waals surface area contributed by atoms with Gasteiger partial charge >= 0.3 is 0 Å². The number of anilines is 1. The lowest BCUT2D eigenvalue weighted by Crippen LogP contribution is -2.40. The molecule has 0 saturated carbocycles. The Hall–Kier alpha value is -2.85. The molecule has 0 unspecified atom stereocenters. The van der Waals surface area contributed by atoms with Crippen LogP contribution in [0.15, 0.2) is 41.4 Å². The molecule has 3 rings (SSSR count). The van der Waals surface area contributed by atoms with Crippen LogP contribution in [0.3, 0.4) is 0 Å². The zero-order chi connectivity index (χ0) is 21.6. The summed E-state index contributed by atoms with van der Waals surface area (Å²) in [6.45, 7) is 2.10. The molecule has 1 aromatic heterocycles. The summed E-state index contributed by atoms with van der Waals surface area (Å²) in [6, 6.07) is 7.93. The minimum Gasteiger partial charge on any atom is -0.493 e. The standard InChI is InChI=1S/C20H25N3O6S/c1-27-16-13-15(6-7-20(24)23-9-11-29-12-10-23)18(14-17(16)28-2)30(25,26)22-19-5-3-4-8-21-19/h3-5,8,13-14H,6-7,9-12H2,1-2H3,(H,21,22). The third-order valence-electron chi connectivity index (χ3n) is 4.73. The van der Waals surface area contributed by atoms with Crippen molar-refractivity contribution in [2.75, 3.05) is 45.2 Å². The van der Waals surface area contributed by atoms with Gasteiger partial charge in [0.1, 0.15) is 5.82 Å². The van der Waals surface area contributed by atoms with Gasteiger partial charge in [-0.25, -0.2) is 13.4 Å². The van der Waals surface area contributed by atoms with Crippen LogP contribution in [0.5, 0.6) is 11.5 Å². The minimum absolute atomic E-state index is 0.0144. The summed E-state index contributed by atoms with van der Waals surface area (Å²) < 4.78 is 44.5. The maximum absolute atomic E-state index is 13.1. The van der Waals surface area contributed by atoms with Crippen LogP contribution >= 0.6 is 0 Å². The molecule has 0 radical (unpaired) electrons. The SMILES string of the molecule is COc1cc(CCC(=O)N2CCOCC2)c(S(=O)(=O)Nc2ccccn2)cc1OC. The van der Waals surface area contributed by atoms with Gasteiger partial charge in [0.05, 0.1) is 32.3 Å². The van der Waals surface area contributed by atoms with E-state index in [-0.39, 0.29) is 35.2 Å². The van der Waals surface area contributed by atoms with Crippen molar-refractivity contribution >= 4 is 21.7 Å². The van der Waals surface area contributed by atoms with Crippen molar-refractivity contribution in [3.05, 3.63) is 42.1 Å².